The molecule has 1 rings (SSSR count). The quantitative estimate of drug-likeness (QED) is 0.792. The fourth-order valence-electron chi connectivity index (χ4n) is 2.71. The van der Waals surface area contributed by atoms with Crippen LogP contribution < -0.4 is 5.73 Å². The number of nitrogens with zero attached hydrogens (tertiary/aromatic N) is 1. The number of likely N-dealkylation sites (tertiary alicyclic amines) is 1. The van der Waals surface area contributed by atoms with Crippen molar-refractivity contribution < 1.29 is 4.79 Å². The van der Waals surface area contributed by atoms with Crippen molar-refractivity contribution in [2.45, 2.75) is 65.3 Å². The number of hydrogen-bond acceptors (Lipinski definition) is 2. The molecule has 0 bridgehead atoms. The van der Waals surface area contributed by atoms with E-state index in [0.717, 1.165) is 51.1 Å². The van der Waals surface area contributed by atoms with Crippen molar-refractivity contribution in [3.05, 3.63) is 0 Å². The molecule has 1 heterocycles. The predicted octanol–water partition coefficient (Wildman–Crippen LogP) is 2.79. The average Bonchev–Trinajstić information content (AvgIpc) is 2.52. The van der Waals surface area contributed by atoms with E-state index >= 15 is 0 Å². The van der Waals surface area contributed by atoms with Gasteiger partial charge in [0.1, 0.15) is 0 Å². The van der Waals surface area contributed by atoms with E-state index in [9.17, 15) is 4.79 Å². The van der Waals surface area contributed by atoms with Gasteiger partial charge in [-0.2, -0.15) is 0 Å². The maximum Gasteiger partial charge on any atom is 0.222 e. The van der Waals surface area contributed by atoms with Crippen LogP contribution in [0.1, 0.15) is 59.3 Å². The summed E-state index contributed by atoms with van der Waals surface area (Å²) < 4.78 is 0. The Bertz CT molecular complexity index is 253. The fraction of sp³-hybridized carbons (Fsp3) is 0.933. The van der Waals surface area contributed by atoms with Gasteiger partial charge in [0.2, 0.25) is 5.91 Å². The first kappa shape index (κ1) is 15.5. The highest BCUT2D eigenvalue weighted by atomic mass is 16.2. The first-order valence-electron chi connectivity index (χ1n) is 7.58. The zero-order valence-corrected chi connectivity index (χ0v) is 12.3. The smallest absolute Gasteiger partial charge is 0.222 e. The zero-order chi connectivity index (χ0) is 13.5. The van der Waals surface area contributed by atoms with E-state index in [4.69, 9.17) is 5.73 Å². The summed E-state index contributed by atoms with van der Waals surface area (Å²) in [6.07, 6.45) is 6.09. The first-order chi connectivity index (χ1) is 8.54. The molecular formula is C15H30N2O. The Morgan fingerprint density at radius 2 is 2.11 bits per heavy atom. The van der Waals surface area contributed by atoms with Crippen LogP contribution in [-0.4, -0.2) is 29.9 Å². The van der Waals surface area contributed by atoms with Crippen LogP contribution in [0.3, 0.4) is 0 Å². The topological polar surface area (TPSA) is 46.3 Å². The van der Waals surface area contributed by atoms with Crippen molar-refractivity contribution >= 4 is 5.91 Å². The number of hydrogen-bond donors (Lipinski definition) is 1. The largest absolute Gasteiger partial charge is 0.343 e. The third kappa shape index (κ3) is 4.97. The summed E-state index contributed by atoms with van der Waals surface area (Å²) in [6.45, 7) is 8.51. The summed E-state index contributed by atoms with van der Waals surface area (Å²) in [7, 11) is 0. The van der Waals surface area contributed by atoms with Crippen molar-refractivity contribution in [1.82, 2.24) is 4.90 Å². The molecule has 1 fully saturated rings. The lowest BCUT2D eigenvalue weighted by Gasteiger charge is -2.22. The number of nitrogens with two attached hydrogens (primary N) is 1. The summed E-state index contributed by atoms with van der Waals surface area (Å²) in [5.74, 6) is 1.77. The molecule has 0 aromatic carbocycles. The number of rotatable bonds is 6. The van der Waals surface area contributed by atoms with Crippen molar-refractivity contribution in [2.24, 2.45) is 17.6 Å². The second-order valence-electron chi connectivity index (χ2n) is 6.02. The third-order valence-electron chi connectivity index (χ3n) is 4.32. The molecule has 0 spiro atoms. The van der Waals surface area contributed by atoms with Gasteiger partial charge in [-0.25, -0.2) is 0 Å². The van der Waals surface area contributed by atoms with Gasteiger partial charge in [0, 0.05) is 25.6 Å². The highest BCUT2D eigenvalue weighted by molar-refractivity contribution is 5.76. The lowest BCUT2D eigenvalue weighted by atomic mass is 9.89. The lowest BCUT2D eigenvalue weighted by molar-refractivity contribution is -0.130. The molecule has 1 saturated heterocycles. The second-order valence-corrected chi connectivity index (χ2v) is 6.02. The van der Waals surface area contributed by atoms with Gasteiger partial charge in [-0.3, -0.25) is 4.79 Å². The summed E-state index contributed by atoms with van der Waals surface area (Å²) >= 11 is 0. The average molecular weight is 254 g/mol. The molecular weight excluding hydrogens is 224 g/mol. The molecule has 0 radical (unpaired) electrons. The van der Waals surface area contributed by atoms with E-state index in [2.05, 4.69) is 25.7 Å². The van der Waals surface area contributed by atoms with Crippen LogP contribution in [0.4, 0.5) is 0 Å². The molecule has 3 heteroatoms. The number of amides is 1. The molecule has 0 aromatic heterocycles. The summed E-state index contributed by atoms with van der Waals surface area (Å²) in [4.78, 5) is 14.1. The zero-order valence-electron chi connectivity index (χ0n) is 12.3. The van der Waals surface area contributed by atoms with E-state index in [0.29, 0.717) is 17.9 Å². The third-order valence-corrected chi connectivity index (χ3v) is 4.32. The minimum absolute atomic E-state index is 0.301. The van der Waals surface area contributed by atoms with Crippen molar-refractivity contribution in [2.75, 3.05) is 13.1 Å². The monoisotopic (exact) mass is 254 g/mol. The Hall–Kier alpha value is -0.570. The summed E-state index contributed by atoms with van der Waals surface area (Å²) in [5, 5.41) is 0. The van der Waals surface area contributed by atoms with Gasteiger partial charge in [0.15, 0.2) is 0 Å². The molecule has 2 atom stereocenters. The molecule has 106 valence electrons. The van der Waals surface area contributed by atoms with Crippen LogP contribution in [0.15, 0.2) is 0 Å². The highest BCUT2D eigenvalue weighted by Crippen LogP contribution is 2.25. The Kier molecular flexibility index (Phi) is 6.69. The van der Waals surface area contributed by atoms with Gasteiger partial charge in [-0.15, -0.1) is 0 Å². The van der Waals surface area contributed by atoms with Crippen LogP contribution in [0, 0.1) is 11.8 Å². The van der Waals surface area contributed by atoms with E-state index < -0.39 is 0 Å². The van der Waals surface area contributed by atoms with Crippen LogP contribution >= 0.6 is 0 Å². The molecule has 2 N–H and O–H groups in total. The van der Waals surface area contributed by atoms with Gasteiger partial charge < -0.3 is 10.6 Å². The molecule has 1 aliphatic heterocycles. The molecule has 3 nitrogen and oxygen atoms in total. The van der Waals surface area contributed by atoms with Crippen LogP contribution in [-0.2, 0) is 4.79 Å². The molecule has 1 amide bonds. The fourth-order valence-corrected chi connectivity index (χ4v) is 2.71. The molecule has 2 unspecified atom stereocenters. The Morgan fingerprint density at radius 1 is 1.39 bits per heavy atom. The van der Waals surface area contributed by atoms with Gasteiger partial charge in [-0.05, 0) is 43.9 Å². The Balaban J connectivity index is 2.34. The molecule has 18 heavy (non-hydrogen) atoms. The SMILES string of the molecule is CCC(N)CCCN1CCC(C(C)C)CCC1=O. The maximum absolute atomic E-state index is 12.0. The lowest BCUT2D eigenvalue weighted by Crippen LogP contribution is -2.32. The van der Waals surface area contributed by atoms with E-state index in [1.807, 2.05) is 0 Å². The van der Waals surface area contributed by atoms with E-state index in [-0.39, 0.29) is 0 Å². The van der Waals surface area contributed by atoms with Gasteiger partial charge >= 0.3 is 0 Å². The Morgan fingerprint density at radius 3 is 2.72 bits per heavy atom. The summed E-state index contributed by atoms with van der Waals surface area (Å²) in [5.41, 5.74) is 5.91. The van der Waals surface area contributed by atoms with Crippen LogP contribution in [0.25, 0.3) is 0 Å². The Labute approximate surface area is 112 Å². The van der Waals surface area contributed by atoms with Crippen molar-refractivity contribution in [3.8, 4) is 0 Å². The number of carbonyl (C=O) groups excluding carboxylic acids is 1. The molecule has 0 saturated carbocycles. The molecule has 0 aromatic rings. The van der Waals surface area contributed by atoms with E-state index in [1.54, 1.807) is 0 Å². The summed E-state index contributed by atoms with van der Waals surface area (Å²) in [6, 6.07) is 0.301. The minimum atomic E-state index is 0.301. The second kappa shape index (κ2) is 7.78. The van der Waals surface area contributed by atoms with Crippen LogP contribution in [0.2, 0.25) is 0 Å². The van der Waals surface area contributed by atoms with Gasteiger partial charge in [-0.1, -0.05) is 20.8 Å². The first-order valence-corrected chi connectivity index (χ1v) is 7.58. The van der Waals surface area contributed by atoms with Crippen molar-refractivity contribution in [1.29, 1.82) is 0 Å². The normalized spacial score (nSPS) is 23.3. The minimum Gasteiger partial charge on any atom is -0.343 e. The highest BCUT2D eigenvalue weighted by Gasteiger charge is 2.23. The van der Waals surface area contributed by atoms with Gasteiger partial charge in [0.25, 0.3) is 0 Å². The van der Waals surface area contributed by atoms with E-state index in [1.165, 1.54) is 6.42 Å². The number of carbonyl (C=O) groups is 1. The van der Waals surface area contributed by atoms with Gasteiger partial charge in [0.05, 0.1) is 0 Å². The molecule has 1 aliphatic rings. The van der Waals surface area contributed by atoms with Crippen LogP contribution in [0.5, 0.6) is 0 Å². The molecule has 0 aliphatic carbocycles. The maximum atomic E-state index is 12.0. The van der Waals surface area contributed by atoms with Crippen molar-refractivity contribution in [3.63, 3.8) is 0 Å². The predicted molar refractivity (Wildman–Crippen MR) is 76.3 cm³/mol. The standard InChI is InChI=1S/C15H30N2O/c1-4-14(16)6-5-10-17-11-9-13(12(2)3)7-8-15(17)18/h12-14H,4-11,16H2,1-3H3.